The van der Waals surface area contributed by atoms with Crippen molar-refractivity contribution in [2.75, 3.05) is 0 Å². The highest BCUT2D eigenvalue weighted by Crippen LogP contribution is 2.50. The van der Waals surface area contributed by atoms with Gasteiger partial charge in [0.1, 0.15) is 5.78 Å². The summed E-state index contributed by atoms with van der Waals surface area (Å²) < 4.78 is 6.22. The molecule has 2 fully saturated rings. The van der Waals surface area contributed by atoms with E-state index < -0.39 is 8.32 Å². The molecule has 0 aliphatic heterocycles. The van der Waals surface area contributed by atoms with Gasteiger partial charge in [-0.05, 0) is 51.7 Å². The molecule has 1 spiro atoms. The molecule has 3 heteroatoms. The number of carbonyl (C=O) groups excluding carboxylic acids is 1. The molecule has 0 aromatic carbocycles. The van der Waals surface area contributed by atoms with Crippen LogP contribution in [0.3, 0.4) is 0 Å². The summed E-state index contributed by atoms with van der Waals surface area (Å²) in [4.78, 5) is 12.0. The largest absolute Gasteiger partial charge is 0.414 e. The lowest BCUT2D eigenvalue weighted by Gasteiger charge is -2.34. The number of hydrogen-bond acceptors (Lipinski definition) is 2. The van der Waals surface area contributed by atoms with Crippen molar-refractivity contribution in [2.45, 2.75) is 64.3 Å². The average Bonchev–Trinajstić information content (AvgIpc) is 2.62. The Kier molecular flexibility index (Phi) is 2.80. The Morgan fingerprint density at radius 3 is 2.47 bits per heavy atom. The monoisotopic (exact) mass is 226 g/mol. The molecule has 0 amide bonds. The summed E-state index contributed by atoms with van der Waals surface area (Å²) in [6.45, 7) is 6.66. The zero-order valence-corrected chi connectivity index (χ0v) is 11.1. The third-order valence-electron chi connectivity index (χ3n) is 3.78. The predicted molar refractivity (Wildman–Crippen MR) is 63.4 cm³/mol. The SMILES string of the molecule is C[Si](C)(C)O[C@@H]1CCC[C@]12CCCC2=O. The third kappa shape index (κ3) is 2.04. The Hall–Kier alpha value is -0.153. The number of carbonyl (C=O) groups is 1. The first-order valence-corrected chi connectivity index (χ1v) is 9.56. The molecule has 0 saturated heterocycles. The fourth-order valence-corrected chi connectivity index (χ4v) is 4.39. The fraction of sp³-hybridized carbons (Fsp3) is 0.917. The van der Waals surface area contributed by atoms with E-state index in [-0.39, 0.29) is 11.5 Å². The third-order valence-corrected chi connectivity index (χ3v) is 4.78. The van der Waals surface area contributed by atoms with Crippen molar-refractivity contribution in [3.8, 4) is 0 Å². The quantitative estimate of drug-likeness (QED) is 0.676. The molecule has 0 aromatic rings. The maximum atomic E-state index is 12.0. The van der Waals surface area contributed by atoms with Crippen LogP contribution in [-0.2, 0) is 9.22 Å². The van der Waals surface area contributed by atoms with Gasteiger partial charge in [-0.25, -0.2) is 0 Å². The summed E-state index contributed by atoms with van der Waals surface area (Å²) in [5, 5.41) is 0. The molecule has 2 rings (SSSR count). The lowest BCUT2D eigenvalue weighted by atomic mass is 9.81. The van der Waals surface area contributed by atoms with Crippen LogP contribution >= 0.6 is 0 Å². The molecule has 0 aromatic heterocycles. The molecule has 86 valence electrons. The number of Topliss-reactive ketones (excluding diaryl/α,β-unsaturated/α-hetero) is 1. The minimum Gasteiger partial charge on any atom is -0.414 e. The van der Waals surface area contributed by atoms with Crippen molar-refractivity contribution >= 4 is 14.1 Å². The van der Waals surface area contributed by atoms with Crippen LogP contribution < -0.4 is 0 Å². The minimum atomic E-state index is -1.50. The Labute approximate surface area is 93.5 Å². The topological polar surface area (TPSA) is 26.3 Å². The van der Waals surface area contributed by atoms with E-state index in [4.69, 9.17) is 4.43 Å². The Balaban J connectivity index is 2.14. The Morgan fingerprint density at radius 2 is 1.93 bits per heavy atom. The van der Waals surface area contributed by atoms with E-state index in [0.717, 1.165) is 32.1 Å². The van der Waals surface area contributed by atoms with E-state index in [1.807, 2.05) is 0 Å². The molecule has 2 aliphatic carbocycles. The molecule has 2 aliphatic rings. The highest BCUT2D eigenvalue weighted by Gasteiger charge is 2.52. The van der Waals surface area contributed by atoms with Crippen LogP contribution in [0, 0.1) is 5.41 Å². The van der Waals surface area contributed by atoms with Gasteiger partial charge in [-0.15, -0.1) is 0 Å². The van der Waals surface area contributed by atoms with Gasteiger partial charge < -0.3 is 4.43 Å². The summed E-state index contributed by atoms with van der Waals surface area (Å²) in [6.07, 6.45) is 6.59. The van der Waals surface area contributed by atoms with E-state index in [9.17, 15) is 4.79 Å². The second kappa shape index (κ2) is 3.70. The van der Waals surface area contributed by atoms with Gasteiger partial charge in [0, 0.05) is 6.42 Å². The maximum Gasteiger partial charge on any atom is 0.184 e. The van der Waals surface area contributed by atoms with Gasteiger partial charge in [-0.3, -0.25) is 4.79 Å². The molecule has 0 N–H and O–H groups in total. The summed E-state index contributed by atoms with van der Waals surface area (Å²) in [5.74, 6) is 0.489. The summed E-state index contributed by atoms with van der Waals surface area (Å²) in [5.41, 5.74) is -0.0553. The van der Waals surface area contributed by atoms with Crippen molar-refractivity contribution in [3.05, 3.63) is 0 Å². The zero-order valence-electron chi connectivity index (χ0n) is 10.1. The first-order chi connectivity index (χ1) is 6.94. The van der Waals surface area contributed by atoms with Crippen LogP contribution in [0.5, 0.6) is 0 Å². The summed E-state index contributed by atoms with van der Waals surface area (Å²) in [7, 11) is -1.50. The normalized spacial score (nSPS) is 36.7. The molecule has 0 radical (unpaired) electrons. The van der Waals surface area contributed by atoms with Crippen molar-refractivity contribution < 1.29 is 9.22 Å². The molecule has 0 unspecified atom stereocenters. The zero-order chi connectivity index (χ0) is 11.1. The van der Waals surface area contributed by atoms with E-state index in [1.54, 1.807) is 0 Å². The van der Waals surface area contributed by atoms with E-state index in [2.05, 4.69) is 19.6 Å². The number of rotatable bonds is 2. The van der Waals surface area contributed by atoms with Gasteiger partial charge in [-0.2, -0.15) is 0 Å². The standard InChI is InChI=1S/C12H22O2Si/c1-15(2,3)14-11-7-5-9-12(11)8-4-6-10(12)13/h11H,4-9H2,1-3H3/t11-,12+/m1/s1. The molecule has 0 heterocycles. The Bertz CT molecular complexity index is 265. The van der Waals surface area contributed by atoms with Crippen molar-refractivity contribution in [3.63, 3.8) is 0 Å². The van der Waals surface area contributed by atoms with E-state index in [1.165, 1.54) is 6.42 Å². The van der Waals surface area contributed by atoms with Crippen LogP contribution in [0.15, 0.2) is 0 Å². The summed E-state index contributed by atoms with van der Waals surface area (Å²) in [6, 6.07) is 0. The highest BCUT2D eigenvalue weighted by molar-refractivity contribution is 6.69. The van der Waals surface area contributed by atoms with Crippen molar-refractivity contribution in [1.82, 2.24) is 0 Å². The van der Waals surface area contributed by atoms with Crippen molar-refractivity contribution in [1.29, 1.82) is 0 Å². The molecular formula is C12H22O2Si. The number of hydrogen-bond donors (Lipinski definition) is 0. The average molecular weight is 226 g/mol. The lowest BCUT2D eigenvalue weighted by molar-refractivity contribution is -0.129. The van der Waals surface area contributed by atoms with E-state index in [0.29, 0.717) is 5.78 Å². The van der Waals surface area contributed by atoms with Gasteiger partial charge in [-0.1, -0.05) is 0 Å². The summed E-state index contributed by atoms with van der Waals surface area (Å²) >= 11 is 0. The molecule has 15 heavy (non-hydrogen) atoms. The van der Waals surface area contributed by atoms with Crippen LogP contribution in [0.25, 0.3) is 0 Å². The molecule has 0 bridgehead atoms. The van der Waals surface area contributed by atoms with Gasteiger partial charge in [0.05, 0.1) is 11.5 Å². The first-order valence-electron chi connectivity index (χ1n) is 6.15. The first kappa shape index (κ1) is 11.3. The lowest BCUT2D eigenvalue weighted by Crippen LogP contribution is -2.42. The van der Waals surface area contributed by atoms with Crippen LogP contribution in [0.4, 0.5) is 0 Å². The van der Waals surface area contributed by atoms with Gasteiger partial charge in [0.2, 0.25) is 0 Å². The smallest absolute Gasteiger partial charge is 0.184 e. The molecular weight excluding hydrogens is 204 g/mol. The van der Waals surface area contributed by atoms with Gasteiger partial charge in [0.25, 0.3) is 0 Å². The second-order valence-electron chi connectivity index (χ2n) is 6.04. The van der Waals surface area contributed by atoms with Crippen molar-refractivity contribution in [2.24, 2.45) is 5.41 Å². The van der Waals surface area contributed by atoms with Crippen LogP contribution in [0.2, 0.25) is 19.6 Å². The maximum absolute atomic E-state index is 12.0. The van der Waals surface area contributed by atoms with Crippen LogP contribution in [-0.4, -0.2) is 20.2 Å². The van der Waals surface area contributed by atoms with Gasteiger partial charge >= 0.3 is 0 Å². The number of ketones is 1. The molecule has 2 atom stereocenters. The minimum absolute atomic E-state index is 0.0553. The predicted octanol–water partition coefficient (Wildman–Crippen LogP) is 3.13. The molecule has 2 nitrogen and oxygen atoms in total. The van der Waals surface area contributed by atoms with E-state index >= 15 is 0 Å². The van der Waals surface area contributed by atoms with Crippen LogP contribution in [0.1, 0.15) is 38.5 Å². The second-order valence-corrected chi connectivity index (χ2v) is 10.5. The van der Waals surface area contributed by atoms with Gasteiger partial charge in [0.15, 0.2) is 8.32 Å². The molecule has 2 saturated carbocycles. The highest BCUT2D eigenvalue weighted by atomic mass is 28.4. The fourth-order valence-electron chi connectivity index (χ4n) is 3.20. The Morgan fingerprint density at radius 1 is 1.27 bits per heavy atom.